The Morgan fingerprint density at radius 1 is 1.42 bits per heavy atom. The molecule has 2 atom stereocenters. The lowest BCUT2D eigenvalue weighted by Gasteiger charge is -2.14. The maximum absolute atomic E-state index is 5.77. The SMILES string of the molecule is CN(C)CCOC1CCC(N)C1. The minimum atomic E-state index is 0.384. The van der Waals surface area contributed by atoms with Gasteiger partial charge < -0.3 is 15.4 Å². The Hall–Kier alpha value is -0.120. The van der Waals surface area contributed by atoms with Crippen molar-refractivity contribution in [1.29, 1.82) is 0 Å². The summed E-state index contributed by atoms with van der Waals surface area (Å²) in [7, 11) is 4.12. The zero-order valence-corrected chi connectivity index (χ0v) is 8.12. The fourth-order valence-corrected chi connectivity index (χ4v) is 1.53. The second kappa shape index (κ2) is 4.80. The second-order valence-electron chi connectivity index (χ2n) is 3.87. The highest BCUT2D eigenvalue weighted by Crippen LogP contribution is 2.19. The Morgan fingerprint density at radius 2 is 2.17 bits per heavy atom. The average Bonchev–Trinajstić information content (AvgIpc) is 2.35. The molecule has 2 unspecified atom stereocenters. The van der Waals surface area contributed by atoms with E-state index < -0.39 is 0 Å². The third kappa shape index (κ3) is 3.52. The zero-order valence-electron chi connectivity index (χ0n) is 8.12. The first-order chi connectivity index (χ1) is 5.68. The summed E-state index contributed by atoms with van der Waals surface area (Å²) in [5, 5.41) is 0. The summed E-state index contributed by atoms with van der Waals surface area (Å²) in [5.41, 5.74) is 5.77. The average molecular weight is 172 g/mol. The lowest BCUT2D eigenvalue weighted by molar-refractivity contribution is 0.0482. The van der Waals surface area contributed by atoms with Crippen LogP contribution in [0.15, 0.2) is 0 Å². The molecule has 1 rings (SSSR count). The maximum Gasteiger partial charge on any atom is 0.0596 e. The van der Waals surface area contributed by atoms with Gasteiger partial charge in [0.15, 0.2) is 0 Å². The summed E-state index contributed by atoms with van der Waals surface area (Å²) in [5.74, 6) is 0. The molecule has 3 heteroatoms. The molecule has 0 amide bonds. The van der Waals surface area contributed by atoms with Crippen molar-refractivity contribution in [2.75, 3.05) is 27.2 Å². The number of likely N-dealkylation sites (N-methyl/N-ethyl adjacent to an activating group) is 1. The highest BCUT2D eigenvalue weighted by Gasteiger charge is 2.21. The molecule has 0 heterocycles. The number of hydrogen-bond acceptors (Lipinski definition) is 3. The number of rotatable bonds is 4. The lowest BCUT2D eigenvalue weighted by Crippen LogP contribution is -2.22. The zero-order chi connectivity index (χ0) is 8.97. The van der Waals surface area contributed by atoms with E-state index >= 15 is 0 Å². The molecule has 2 N–H and O–H groups in total. The Balaban J connectivity index is 2.00. The molecule has 0 aromatic heterocycles. The van der Waals surface area contributed by atoms with Crippen molar-refractivity contribution in [2.45, 2.75) is 31.4 Å². The van der Waals surface area contributed by atoms with Crippen molar-refractivity contribution < 1.29 is 4.74 Å². The molecule has 0 saturated heterocycles. The van der Waals surface area contributed by atoms with Crippen LogP contribution in [0, 0.1) is 0 Å². The van der Waals surface area contributed by atoms with E-state index in [1.807, 2.05) is 0 Å². The van der Waals surface area contributed by atoms with Gasteiger partial charge in [-0.2, -0.15) is 0 Å². The summed E-state index contributed by atoms with van der Waals surface area (Å²) in [6, 6.07) is 0.384. The van der Waals surface area contributed by atoms with Gasteiger partial charge in [-0.1, -0.05) is 0 Å². The molecule has 1 fully saturated rings. The van der Waals surface area contributed by atoms with E-state index in [2.05, 4.69) is 19.0 Å². The highest BCUT2D eigenvalue weighted by molar-refractivity contribution is 4.78. The van der Waals surface area contributed by atoms with Crippen LogP contribution in [0.3, 0.4) is 0 Å². The van der Waals surface area contributed by atoms with Crippen molar-refractivity contribution in [1.82, 2.24) is 4.90 Å². The minimum Gasteiger partial charge on any atom is -0.377 e. The van der Waals surface area contributed by atoms with Crippen LogP contribution in [0.1, 0.15) is 19.3 Å². The van der Waals surface area contributed by atoms with Crippen molar-refractivity contribution in [3.05, 3.63) is 0 Å². The molecular weight excluding hydrogens is 152 g/mol. The number of nitrogens with two attached hydrogens (primary N) is 1. The first-order valence-corrected chi connectivity index (χ1v) is 4.70. The first-order valence-electron chi connectivity index (χ1n) is 4.70. The largest absolute Gasteiger partial charge is 0.377 e. The topological polar surface area (TPSA) is 38.5 Å². The van der Waals surface area contributed by atoms with E-state index in [0.717, 1.165) is 32.4 Å². The smallest absolute Gasteiger partial charge is 0.0596 e. The van der Waals surface area contributed by atoms with Crippen LogP contribution in [0.5, 0.6) is 0 Å². The number of ether oxygens (including phenoxy) is 1. The van der Waals surface area contributed by atoms with Gasteiger partial charge in [0.25, 0.3) is 0 Å². The fraction of sp³-hybridized carbons (Fsp3) is 1.00. The van der Waals surface area contributed by atoms with Gasteiger partial charge in [0, 0.05) is 12.6 Å². The van der Waals surface area contributed by atoms with Gasteiger partial charge in [-0.25, -0.2) is 0 Å². The monoisotopic (exact) mass is 172 g/mol. The highest BCUT2D eigenvalue weighted by atomic mass is 16.5. The number of nitrogens with zero attached hydrogens (tertiary/aromatic N) is 1. The molecule has 12 heavy (non-hydrogen) atoms. The third-order valence-electron chi connectivity index (χ3n) is 2.32. The molecule has 1 aliphatic rings. The van der Waals surface area contributed by atoms with Gasteiger partial charge in [0.05, 0.1) is 12.7 Å². The van der Waals surface area contributed by atoms with Crippen LogP contribution < -0.4 is 5.73 Å². The van der Waals surface area contributed by atoms with Gasteiger partial charge in [-0.3, -0.25) is 0 Å². The van der Waals surface area contributed by atoms with E-state index in [9.17, 15) is 0 Å². The second-order valence-corrected chi connectivity index (χ2v) is 3.87. The van der Waals surface area contributed by atoms with Crippen molar-refractivity contribution in [2.24, 2.45) is 5.73 Å². The Bertz CT molecular complexity index is 128. The predicted octanol–water partition coefficient (Wildman–Crippen LogP) is 0.444. The van der Waals surface area contributed by atoms with Crippen LogP contribution in [0.4, 0.5) is 0 Å². The molecule has 72 valence electrons. The molecule has 0 radical (unpaired) electrons. The summed E-state index contributed by atoms with van der Waals surface area (Å²) >= 11 is 0. The quantitative estimate of drug-likeness (QED) is 0.669. The van der Waals surface area contributed by atoms with Gasteiger partial charge in [0.1, 0.15) is 0 Å². The summed E-state index contributed by atoms with van der Waals surface area (Å²) < 4.78 is 5.66. The third-order valence-corrected chi connectivity index (χ3v) is 2.32. The molecule has 1 saturated carbocycles. The Morgan fingerprint density at radius 3 is 2.67 bits per heavy atom. The van der Waals surface area contributed by atoms with Crippen molar-refractivity contribution in [3.63, 3.8) is 0 Å². The van der Waals surface area contributed by atoms with Crippen LogP contribution >= 0.6 is 0 Å². The summed E-state index contributed by atoms with van der Waals surface area (Å²) in [4.78, 5) is 2.13. The van der Waals surface area contributed by atoms with Crippen LogP contribution in [0.2, 0.25) is 0 Å². The van der Waals surface area contributed by atoms with Gasteiger partial charge >= 0.3 is 0 Å². The fourth-order valence-electron chi connectivity index (χ4n) is 1.53. The van der Waals surface area contributed by atoms with Crippen LogP contribution in [-0.4, -0.2) is 44.3 Å². The Kier molecular flexibility index (Phi) is 3.98. The molecule has 0 aromatic carbocycles. The van der Waals surface area contributed by atoms with E-state index in [4.69, 9.17) is 10.5 Å². The van der Waals surface area contributed by atoms with E-state index in [0.29, 0.717) is 12.1 Å². The molecule has 0 spiro atoms. The molecular formula is C9H20N2O. The molecule has 3 nitrogen and oxygen atoms in total. The van der Waals surface area contributed by atoms with E-state index in [-0.39, 0.29) is 0 Å². The van der Waals surface area contributed by atoms with Crippen LogP contribution in [-0.2, 0) is 4.74 Å². The normalized spacial score (nSPS) is 30.0. The lowest BCUT2D eigenvalue weighted by atomic mass is 10.3. The maximum atomic E-state index is 5.77. The molecule has 0 bridgehead atoms. The van der Waals surface area contributed by atoms with E-state index in [1.165, 1.54) is 0 Å². The molecule has 1 aliphatic carbocycles. The number of hydrogen-bond donors (Lipinski definition) is 1. The van der Waals surface area contributed by atoms with Crippen molar-refractivity contribution in [3.8, 4) is 0 Å². The standard InChI is InChI=1S/C9H20N2O/c1-11(2)5-6-12-9-4-3-8(10)7-9/h8-9H,3-7,10H2,1-2H3. The van der Waals surface area contributed by atoms with Crippen molar-refractivity contribution >= 4 is 0 Å². The van der Waals surface area contributed by atoms with Gasteiger partial charge in [-0.15, -0.1) is 0 Å². The van der Waals surface area contributed by atoms with E-state index in [1.54, 1.807) is 0 Å². The summed E-state index contributed by atoms with van der Waals surface area (Å²) in [6.07, 6.45) is 3.76. The Labute approximate surface area is 74.9 Å². The molecule has 0 aliphatic heterocycles. The minimum absolute atomic E-state index is 0.384. The predicted molar refractivity (Wildman–Crippen MR) is 50.1 cm³/mol. The van der Waals surface area contributed by atoms with Gasteiger partial charge in [-0.05, 0) is 33.4 Å². The molecule has 0 aromatic rings. The summed E-state index contributed by atoms with van der Waals surface area (Å²) in [6.45, 7) is 1.84. The first kappa shape index (κ1) is 9.96. The van der Waals surface area contributed by atoms with Crippen LogP contribution in [0.25, 0.3) is 0 Å². The van der Waals surface area contributed by atoms with Gasteiger partial charge in [0.2, 0.25) is 0 Å².